The van der Waals surface area contributed by atoms with Crippen LogP contribution in [0.4, 0.5) is 0 Å². The Balaban J connectivity index is 2.88. The molecule has 1 atom stereocenters. The number of aliphatic hydroxyl groups is 1. The lowest BCUT2D eigenvalue weighted by Crippen LogP contribution is -2.16. The van der Waals surface area contributed by atoms with E-state index in [9.17, 15) is 4.79 Å². The number of hydrogen-bond acceptors (Lipinski definition) is 3. The van der Waals surface area contributed by atoms with Crippen LogP contribution in [-0.2, 0) is 9.53 Å². The smallest absolute Gasteiger partial charge is 0.200 e. The molecule has 0 saturated heterocycles. The Kier molecular flexibility index (Phi) is 2.31. The maximum atomic E-state index is 10.8. The van der Waals surface area contributed by atoms with Crippen LogP contribution in [0.15, 0.2) is 22.9 Å². The van der Waals surface area contributed by atoms with Gasteiger partial charge < -0.3 is 9.84 Å². The van der Waals surface area contributed by atoms with Crippen LogP contribution in [-0.4, -0.2) is 24.1 Å². The number of carbonyl (C=O) groups excluding carboxylic acids is 1. The summed E-state index contributed by atoms with van der Waals surface area (Å²) in [4.78, 5) is 10.8. The van der Waals surface area contributed by atoms with Gasteiger partial charge in [0.1, 0.15) is 11.9 Å². The summed E-state index contributed by atoms with van der Waals surface area (Å²) in [6.07, 6.45) is 1.51. The van der Waals surface area contributed by atoms with Crippen LogP contribution in [0.25, 0.3) is 0 Å². The first kappa shape index (κ1) is 8.30. The summed E-state index contributed by atoms with van der Waals surface area (Å²) in [5, 5.41) is 9.18. The van der Waals surface area contributed by atoms with E-state index in [2.05, 4.69) is 0 Å². The minimum absolute atomic E-state index is 0.0262. The molecule has 0 bridgehead atoms. The predicted molar refractivity (Wildman–Crippen MR) is 40.0 cm³/mol. The Bertz CT molecular complexity index is 242. The summed E-state index contributed by atoms with van der Waals surface area (Å²) in [6.45, 7) is 0. The molecule has 0 spiro atoms. The van der Waals surface area contributed by atoms with E-state index in [1.807, 2.05) is 0 Å². The normalized spacial score (nSPS) is 24.3. The topological polar surface area (TPSA) is 46.5 Å². The average molecular weight is 175 g/mol. The molecule has 0 aliphatic heterocycles. The largest absolute Gasteiger partial charge is 0.498 e. The Morgan fingerprint density at radius 1 is 1.73 bits per heavy atom. The number of allylic oxidation sites excluding steroid dienone is 2. The van der Waals surface area contributed by atoms with Gasteiger partial charge in [0.05, 0.1) is 12.1 Å². The molecule has 1 N–H and O–H groups in total. The second-order valence-electron chi connectivity index (χ2n) is 2.07. The highest BCUT2D eigenvalue weighted by atomic mass is 35.5. The summed E-state index contributed by atoms with van der Waals surface area (Å²) >= 11 is 5.44. The molecular weight excluding hydrogens is 168 g/mol. The van der Waals surface area contributed by atoms with E-state index in [1.54, 1.807) is 0 Å². The fourth-order valence-corrected chi connectivity index (χ4v) is 0.940. The van der Waals surface area contributed by atoms with Gasteiger partial charge in [0.15, 0.2) is 5.78 Å². The van der Waals surface area contributed by atoms with Gasteiger partial charge in [-0.3, -0.25) is 4.79 Å². The summed E-state index contributed by atoms with van der Waals surface area (Å²) in [7, 11) is 1.38. The molecule has 0 aromatic rings. The molecule has 60 valence electrons. The van der Waals surface area contributed by atoms with Crippen molar-refractivity contribution in [1.82, 2.24) is 0 Å². The van der Waals surface area contributed by atoms with Crippen molar-refractivity contribution in [2.45, 2.75) is 6.10 Å². The van der Waals surface area contributed by atoms with Gasteiger partial charge in [0, 0.05) is 6.08 Å². The van der Waals surface area contributed by atoms with Crippen LogP contribution >= 0.6 is 11.6 Å². The molecule has 11 heavy (non-hydrogen) atoms. The molecule has 4 heteroatoms. The SMILES string of the molecule is COC1=CC(=O)C(Cl)=CC1O. The molecule has 0 saturated carbocycles. The van der Waals surface area contributed by atoms with Gasteiger partial charge in [0.25, 0.3) is 0 Å². The number of ketones is 1. The Labute approximate surface area is 68.9 Å². The van der Waals surface area contributed by atoms with Gasteiger partial charge in [-0.05, 0) is 6.08 Å². The third kappa shape index (κ3) is 1.61. The number of methoxy groups -OCH3 is 1. The third-order valence-corrected chi connectivity index (χ3v) is 1.65. The predicted octanol–water partition coefficient (Wildman–Crippen LogP) is 0.583. The quantitative estimate of drug-likeness (QED) is 0.633. The van der Waals surface area contributed by atoms with Crippen molar-refractivity contribution in [1.29, 1.82) is 0 Å². The van der Waals surface area contributed by atoms with Crippen LogP contribution < -0.4 is 0 Å². The molecule has 1 rings (SSSR count). The highest BCUT2D eigenvalue weighted by molar-refractivity contribution is 6.44. The molecule has 0 aromatic carbocycles. The minimum atomic E-state index is -0.898. The first-order valence-corrected chi connectivity index (χ1v) is 3.38. The van der Waals surface area contributed by atoms with Crippen molar-refractivity contribution in [3.8, 4) is 0 Å². The lowest BCUT2D eigenvalue weighted by Gasteiger charge is -2.13. The van der Waals surface area contributed by atoms with Crippen molar-refractivity contribution < 1.29 is 14.6 Å². The fraction of sp³-hybridized carbons (Fsp3) is 0.286. The number of halogens is 1. The second-order valence-corrected chi connectivity index (χ2v) is 2.48. The fourth-order valence-electron chi connectivity index (χ4n) is 0.766. The minimum Gasteiger partial charge on any atom is -0.498 e. The van der Waals surface area contributed by atoms with E-state index in [-0.39, 0.29) is 16.6 Å². The van der Waals surface area contributed by atoms with E-state index in [4.69, 9.17) is 21.4 Å². The number of ether oxygens (including phenoxy) is 1. The van der Waals surface area contributed by atoms with Gasteiger partial charge in [0.2, 0.25) is 0 Å². The molecule has 0 radical (unpaired) electrons. The van der Waals surface area contributed by atoms with E-state index in [0.717, 1.165) is 0 Å². The lowest BCUT2D eigenvalue weighted by atomic mass is 10.1. The highest BCUT2D eigenvalue weighted by Crippen LogP contribution is 2.17. The molecule has 1 aliphatic carbocycles. The zero-order valence-electron chi connectivity index (χ0n) is 5.87. The number of aliphatic hydroxyl groups excluding tert-OH is 1. The third-order valence-electron chi connectivity index (χ3n) is 1.34. The first-order chi connectivity index (χ1) is 5.15. The summed E-state index contributed by atoms with van der Waals surface area (Å²) in [5.74, 6) is -0.117. The van der Waals surface area contributed by atoms with Crippen molar-refractivity contribution in [3.63, 3.8) is 0 Å². The molecule has 0 heterocycles. The molecular formula is C7H7ClO3. The number of rotatable bonds is 1. The van der Waals surface area contributed by atoms with Gasteiger partial charge in [-0.25, -0.2) is 0 Å². The van der Waals surface area contributed by atoms with Gasteiger partial charge in [-0.1, -0.05) is 11.6 Å². The van der Waals surface area contributed by atoms with Gasteiger partial charge >= 0.3 is 0 Å². The van der Waals surface area contributed by atoms with Crippen molar-refractivity contribution in [3.05, 3.63) is 22.9 Å². The van der Waals surface area contributed by atoms with E-state index in [1.165, 1.54) is 19.3 Å². The van der Waals surface area contributed by atoms with E-state index >= 15 is 0 Å². The zero-order chi connectivity index (χ0) is 8.43. The van der Waals surface area contributed by atoms with E-state index in [0.29, 0.717) is 0 Å². The van der Waals surface area contributed by atoms with Gasteiger partial charge in [-0.15, -0.1) is 0 Å². The molecule has 3 nitrogen and oxygen atoms in total. The number of hydrogen-bond donors (Lipinski definition) is 1. The van der Waals surface area contributed by atoms with Crippen LogP contribution in [0.3, 0.4) is 0 Å². The van der Waals surface area contributed by atoms with Crippen LogP contribution in [0.1, 0.15) is 0 Å². The average Bonchev–Trinajstić information content (AvgIpc) is 1.97. The number of carbonyl (C=O) groups is 1. The maximum Gasteiger partial charge on any atom is 0.200 e. The monoisotopic (exact) mass is 174 g/mol. The summed E-state index contributed by atoms with van der Waals surface area (Å²) < 4.78 is 4.71. The van der Waals surface area contributed by atoms with Crippen molar-refractivity contribution in [2.75, 3.05) is 7.11 Å². The maximum absolute atomic E-state index is 10.8. The van der Waals surface area contributed by atoms with Crippen LogP contribution in [0.5, 0.6) is 0 Å². The molecule has 1 unspecified atom stereocenters. The zero-order valence-corrected chi connectivity index (χ0v) is 6.63. The molecule has 0 fully saturated rings. The van der Waals surface area contributed by atoms with Crippen molar-refractivity contribution in [2.24, 2.45) is 0 Å². The summed E-state index contributed by atoms with van der Waals surface area (Å²) in [6, 6.07) is 0. The Hall–Kier alpha value is -0.800. The summed E-state index contributed by atoms with van der Waals surface area (Å²) in [5.41, 5.74) is 0. The Morgan fingerprint density at radius 3 is 2.91 bits per heavy atom. The Morgan fingerprint density at radius 2 is 2.36 bits per heavy atom. The highest BCUT2D eigenvalue weighted by Gasteiger charge is 2.19. The van der Waals surface area contributed by atoms with Crippen molar-refractivity contribution >= 4 is 17.4 Å². The second kappa shape index (κ2) is 3.07. The standard InChI is InChI=1S/C7H7ClO3/c1-11-7-3-5(9)4(8)2-6(7)10/h2-3,6,10H,1H3. The van der Waals surface area contributed by atoms with E-state index < -0.39 is 6.10 Å². The molecule has 1 aliphatic rings. The lowest BCUT2D eigenvalue weighted by molar-refractivity contribution is -0.111. The first-order valence-electron chi connectivity index (χ1n) is 3.00. The molecule has 0 amide bonds. The molecule has 0 aromatic heterocycles. The van der Waals surface area contributed by atoms with Crippen LogP contribution in [0.2, 0.25) is 0 Å². The van der Waals surface area contributed by atoms with Gasteiger partial charge in [-0.2, -0.15) is 0 Å². The van der Waals surface area contributed by atoms with Crippen LogP contribution in [0, 0.1) is 0 Å².